The first kappa shape index (κ1) is 23.9. The molecule has 1 saturated heterocycles. The lowest BCUT2D eigenvalue weighted by Gasteiger charge is -2.28. The molecule has 2 aliphatic rings. The summed E-state index contributed by atoms with van der Waals surface area (Å²) >= 11 is 1.46. The monoisotopic (exact) mass is 447 g/mol. The average Bonchev–Trinajstić information content (AvgIpc) is 3.27. The van der Waals surface area contributed by atoms with Gasteiger partial charge >= 0.3 is 0 Å². The molecule has 172 valence electrons. The van der Waals surface area contributed by atoms with Gasteiger partial charge in [0.1, 0.15) is 6.04 Å². The standard InChI is InChI=1S/C24H37N3O3S/c1-3-12-27-15-22(28)20(10-9-17(27)2)25-24(30)21(14-18-7-5-4-6-8-18)26-23(29)19-11-13-31-16-19/h11,13,16-18,20-21H,3-10,12,14-15H2,1-2H3,(H,25,30)(H,26,29)/t17-,20+,21+/m1/s1. The highest BCUT2D eigenvalue weighted by Gasteiger charge is 2.32. The van der Waals surface area contributed by atoms with Crippen molar-refractivity contribution in [2.24, 2.45) is 5.92 Å². The Balaban J connectivity index is 1.66. The first-order valence-electron chi connectivity index (χ1n) is 11.9. The molecule has 2 heterocycles. The molecule has 3 atom stereocenters. The molecule has 0 radical (unpaired) electrons. The molecule has 1 aromatic heterocycles. The lowest BCUT2D eigenvalue weighted by Crippen LogP contribution is -2.52. The molecule has 7 heteroatoms. The summed E-state index contributed by atoms with van der Waals surface area (Å²) in [7, 11) is 0. The molecule has 0 aromatic carbocycles. The Kier molecular flexibility index (Phi) is 9.08. The van der Waals surface area contributed by atoms with Gasteiger partial charge in [-0.15, -0.1) is 0 Å². The minimum absolute atomic E-state index is 0.0757. The van der Waals surface area contributed by atoms with Crippen LogP contribution >= 0.6 is 11.3 Å². The van der Waals surface area contributed by atoms with E-state index in [1.54, 1.807) is 11.4 Å². The van der Waals surface area contributed by atoms with Crippen LogP contribution in [0.4, 0.5) is 0 Å². The molecule has 1 aromatic rings. The van der Waals surface area contributed by atoms with Crippen LogP contribution in [-0.2, 0) is 9.59 Å². The van der Waals surface area contributed by atoms with Gasteiger partial charge in [-0.3, -0.25) is 19.3 Å². The van der Waals surface area contributed by atoms with Crippen molar-refractivity contribution in [3.05, 3.63) is 22.4 Å². The number of nitrogens with zero attached hydrogens (tertiary/aromatic N) is 1. The van der Waals surface area contributed by atoms with E-state index in [4.69, 9.17) is 0 Å². The normalized spacial score (nSPS) is 24.4. The molecule has 31 heavy (non-hydrogen) atoms. The van der Waals surface area contributed by atoms with E-state index < -0.39 is 12.1 Å². The number of likely N-dealkylation sites (tertiary alicyclic amines) is 1. The molecule has 6 nitrogen and oxygen atoms in total. The molecule has 3 rings (SSSR count). The van der Waals surface area contributed by atoms with Gasteiger partial charge in [-0.1, -0.05) is 39.0 Å². The third-order valence-corrected chi connectivity index (χ3v) is 7.45. The molecule has 0 unspecified atom stereocenters. The molecular formula is C24H37N3O3S. The van der Waals surface area contributed by atoms with Crippen LogP contribution in [0.1, 0.15) is 82.0 Å². The predicted octanol–water partition coefficient (Wildman–Crippen LogP) is 3.77. The molecule has 2 amide bonds. The van der Waals surface area contributed by atoms with Crippen LogP contribution in [0, 0.1) is 5.92 Å². The summed E-state index contributed by atoms with van der Waals surface area (Å²) < 4.78 is 0. The largest absolute Gasteiger partial charge is 0.344 e. The van der Waals surface area contributed by atoms with E-state index in [1.807, 2.05) is 5.38 Å². The number of amides is 2. The first-order valence-corrected chi connectivity index (χ1v) is 12.8. The Morgan fingerprint density at radius 2 is 1.97 bits per heavy atom. The quantitative estimate of drug-likeness (QED) is 0.636. The summed E-state index contributed by atoms with van der Waals surface area (Å²) in [5.41, 5.74) is 0.584. The maximum atomic E-state index is 13.2. The van der Waals surface area contributed by atoms with Crippen molar-refractivity contribution >= 4 is 28.9 Å². The summed E-state index contributed by atoms with van der Waals surface area (Å²) in [5.74, 6) is 0.0835. The van der Waals surface area contributed by atoms with E-state index in [0.29, 0.717) is 36.9 Å². The topological polar surface area (TPSA) is 78.5 Å². The van der Waals surface area contributed by atoms with Crippen LogP contribution in [0.15, 0.2) is 16.8 Å². The molecule has 1 aliphatic heterocycles. The molecule has 1 aliphatic carbocycles. The Hall–Kier alpha value is -1.73. The maximum absolute atomic E-state index is 13.2. The van der Waals surface area contributed by atoms with E-state index >= 15 is 0 Å². The lowest BCUT2D eigenvalue weighted by atomic mass is 9.84. The van der Waals surface area contributed by atoms with Gasteiger partial charge in [-0.05, 0) is 56.5 Å². The number of carbonyl (C=O) groups excluding carboxylic acids is 3. The summed E-state index contributed by atoms with van der Waals surface area (Å²) in [6.45, 7) is 5.55. The van der Waals surface area contributed by atoms with E-state index in [-0.39, 0.29) is 17.6 Å². The predicted molar refractivity (Wildman–Crippen MR) is 124 cm³/mol. The number of rotatable bonds is 8. The minimum atomic E-state index is -0.601. The Morgan fingerprint density at radius 3 is 2.65 bits per heavy atom. The zero-order valence-corrected chi connectivity index (χ0v) is 19.7. The number of hydrogen-bond acceptors (Lipinski definition) is 5. The lowest BCUT2D eigenvalue weighted by molar-refractivity contribution is -0.129. The smallest absolute Gasteiger partial charge is 0.252 e. The molecule has 1 saturated carbocycles. The number of nitrogens with one attached hydrogen (secondary N) is 2. The second kappa shape index (κ2) is 11.8. The van der Waals surface area contributed by atoms with Gasteiger partial charge in [0.25, 0.3) is 5.91 Å². The van der Waals surface area contributed by atoms with Crippen molar-refractivity contribution in [1.29, 1.82) is 0 Å². The fraction of sp³-hybridized carbons (Fsp3) is 0.708. The van der Waals surface area contributed by atoms with Crippen molar-refractivity contribution < 1.29 is 14.4 Å². The number of ketones is 1. The highest BCUT2D eigenvalue weighted by molar-refractivity contribution is 7.08. The van der Waals surface area contributed by atoms with Crippen LogP contribution in [-0.4, -0.2) is 53.7 Å². The van der Waals surface area contributed by atoms with E-state index in [1.165, 1.54) is 30.6 Å². The number of thiophene rings is 1. The minimum Gasteiger partial charge on any atom is -0.344 e. The molecule has 2 fully saturated rings. The molecular weight excluding hydrogens is 410 g/mol. The van der Waals surface area contributed by atoms with Crippen LogP contribution < -0.4 is 10.6 Å². The van der Waals surface area contributed by atoms with E-state index in [0.717, 1.165) is 32.2 Å². The Bertz CT molecular complexity index is 730. The number of Topliss-reactive ketones (excluding diaryl/α,β-unsaturated/α-hetero) is 1. The van der Waals surface area contributed by atoms with Gasteiger partial charge < -0.3 is 10.6 Å². The fourth-order valence-corrected chi connectivity index (χ4v) is 5.49. The average molecular weight is 448 g/mol. The van der Waals surface area contributed by atoms with Crippen molar-refractivity contribution in [2.75, 3.05) is 13.1 Å². The highest BCUT2D eigenvalue weighted by Crippen LogP contribution is 2.27. The van der Waals surface area contributed by atoms with Crippen LogP contribution in [0.3, 0.4) is 0 Å². The van der Waals surface area contributed by atoms with Crippen molar-refractivity contribution in [1.82, 2.24) is 15.5 Å². The zero-order chi connectivity index (χ0) is 22.2. The van der Waals surface area contributed by atoms with Crippen molar-refractivity contribution in [2.45, 2.75) is 89.8 Å². The van der Waals surface area contributed by atoms with Crippen molar-refractivity contribution in [3.8, 4) is 0 Å². The van der Waals surface area contributed by atoms with E-state index in [9.17, 15) is 14.4 Å². The summed E-state index contributed by atoms with van der Waals surface area (Å²) in [5, 5.41) is 9.62. The van der Waals surface area contributed by atoms with Crippen molar-refractivity contribution in [3.63, 3.8) is 0 Å². The number of carbonyl (C=O) groups is 3. The van der Waals surface area contributed by atoms with Gasteiger partial charge in [0.05, 0.1) is 18.2 Å². The van der Waals surface area contributed by atoms with Crippen LogP contribution in [0.2, 0.25) is 0 Å². The zero-order valence-electron chi connectivity index (χ0n) is 18.9. The van der Waals surface area contributed by atoms with Gasteiger partial charge in [0.2, 0.25) is 5.91 Å². The second-order valence-electron chi connectivity index (χ2n) is 9.20. The van der Waals surface area contributed by atoms with Gasteiger partial charge in [-0.25, -0.2) is 0 Å². The summed E-state index contributed by atoms with van der Waals surface area (Å²) in [6, 6.07) is 1.04. The Morgan fingerprint density at radius 1 is 1.19 bits per heavy atom. The van der Waals surface area contributed by atoms with Crippen LogP contribution in [0.25, 0.3) is 0 Å². The molecule has 0 bridgehead atoms. The molecule has 2 N–H and O–H groups in total. The fourth-order valence-electron chi connectivity index (χ4n) is 4.85. The van der Waals surface area contributed by atoms with E-state index in [2.05, 4.69) is 29.4 Å². The van der Waals surface area contributed by atoms with Gasteiger partial charge in [0, 0.05) is 11.4 Å². The molecule has 0 spiro atoms. The summed E-state index contributed by atoms with van der Waals surface area (Å²) in [6.07, 6.45) is 9.00. The van der Waals surface area contributed by atoms with Crippen LogP contribution in [0.5, 0.6) is 0 Å². The van der Waals surface area contributed by atoms with Gasteiger partial charge in [-0.2, -0.15) is 11.3 Å². The number of hydrogen-bond donors (Lipinski definition) is 2. The SMILES string of the molecule is CCCN1CC(=O)[C@@H](NC(=O)[C@H](CC2CCCCC2)NC(=O)c2ccsc2)CC[C@H]1C. The Labute approximate surface area is 190 Å². The summed E-state index contributed by atoms with van der Waals surface area (Å²) in [4.78, 5) is 41.0. The first-order chi connectivity index (χ1) is 15.0. The third kappa shape index (κ3) is 6.88. The van der Waals surface area contributed by atoms with Gasteiger partial charge in [0.15, 0.2) is 5.78 Å². The second-order valence-corrected chi connectivity index (χ2v) is 9.98. The maximum Gasteiger partial charge on any atom is 0.252 e. The third-order valence-electron chi connectivity index (χ3n) is 6.77. The highest BCUT2D eigenvalue weighted by atomic mass is 32.1.